The molecule has 0 saturated heterocycles. The number of nitrogens with zero attached hydrogens (tertiary/aromatic N) is 1. The van der Waals surface area contributed by atoms with Gasteiger partial charge in [-0.3, -0.25) is 9.89 Å². The number of carbonyl (C=O) groups is 1. The smallest absolute Gasteiger partial charge is 0.307 e. The minimum absolute atomic E-state index is 0.0641. The summed E-state index contributed by atoms with van der Waals surface area (Å²) >= 11 is 0. The van der Waals surface area contributed by atoms with Crippen molar-refractivity contribution in [2.24, 2.45) is 0 Å². The number of furan rings is 1. The van der Waals surface area contributed by atoms with Crippen molar-refractivity contribution in [2.45, 2.75) is 6.42 Å². The number of H-pyrrole nitrogens is 1. The Kier molecular flexibility index (Phi) is 2.37. The average molecular weight is 242 g/mol. The lowest BCUT2D eigenvalue weighted by atomic mass is 10.1. The van der Waals surface area contributed by atoms with E-state index in [0.717, 1.165) is 16.5 Å². The third-order valence-electron chi connectivity index (χ3n) is 2.81. The first-order valence-corrected chi connectivity index (χ1v) is 5.46. The van der Waals surface area contributed by atoms with Crippen molar-refractivity contribution < 1.29 is 14.3 Å². The van der Waals surface area contributed by atoms with Crippen LogP contribution in [-0.4, -0.2) is 21.3 Å². The summed E-state index contributed by atoms with van der Waals surface area (Å²) in [7, 11) is 0. The van der Waals surface area contributed by atoms with Gasteiger partial charge in [-0.25, -0.2) is 0 Å². The van der Waals surface area contributed by atoms with E-state index in [2.05, 4.69) is 10.2 Å². The first-order chi connectivity index (χ1) is 8.75. The topological polar surface area (TPSA) is 79.1 Å². The van der Waals surface area contributed by atoms with Gasteiger partial charge in [0.1, 0.15) is 11.8 Å². The first kappa shape index (κ1) is 10.6. The molecule has 0 atom stereocenters. The zero-order valence-corrected chi connectivity index (χ0v) is 9.38. The highest BCUT2D eigenvalue weighted by atomic mass is 16.4. The summed E-state index contributed by atoms with van der Waals surface area (Å²) in [5.41, 5.74) is 2.94. The quantitative estimate of drug-likeness (QED) is 0.739. The lowest BCUT2D eigenvalue weighted by molar-refractivity contribution is -0.136. The van der Waals surface area contributed by atoms with Gasteiger partial charge >= 0.3 is 5.97 Å². The van der Waals surface area contributed by atoms with Crippen LogP contribution in [0.5, 0.6) is 0 Å². The second-order valence-corrected chi connectivity index (χ2v) is 3.99. The largest absolute Gasteiger partial charge is 0.481 e. The summed E-state index contributed by atoms with van der Waals surface area (Å²) in [5.74, 6) is -0.884. The van der Waals surface area contributed by atoms with Crippen molar-refractivity contribution in [3.05, 3.63) is 42.3 Å². The Morgan fingerprint density at radius 2 is 2.22 bits per heavy atom. The van der Waals surface area contributed by atoms with Gasteiger partial charge in [-0.15, -0.1) is 0 Å². The zero-order chi connectivity index (χ0) is 12.5. The van der Waals surface area contributed by atoms with E-state index in [4.69, 9.17) is 9.52 Å². The fraction of sp³-hybridized carbons (Fsp3) is 0.0769. The molecule has 2 aromatic heterocycles. The molecule has 2 heterocycles. The molecule has 0 aliphatic heterocycles. The molecule has 0 radical (unpaired) electrons. The van der Waals surface area contributed by atoms with Crippen LogP contribution >= 0.6 is 0 Å². The number of carboxylic acid groups (broad SMARTS) is 1. The van der Waals surface area contributed by atoms with Crippen LogP contribution in [0.3, 0.4) is 0 Å². The molecule has 3 rings (SSSR count). The second kappa shape index (κ2) is 4.03. The van der Waals surface area contributed by atoms with E-state index >= 15 is 0 Å². The molecule has 90 valence electrons. The van der Waals surface area contributed by atoms with Crippen molar-refractivity contribution >= 4 is 16.9 Å². The van der Waals surface area contributed by atoms with Crippen molar-refractivity contribution in [3.8, 4) is 11.3 Å². The standard InChI is InChI=1S/C13H10N2O3/c16-12(17)5-8-6-14-15-13(8)10-7-18-11-4-2-1-3-9(10)11/h1-4,6-7H,5H2,(H,14,15)(H,16,17). The SMILES string of the molecule is O=C(O)Cc1cn[nH]c1-c1coc2ccccc12. The molecule has 0 aliphatic carbocycles. The van der Waals surface area contributed by atoms with Gasteiger partial charge in [-0.05, 0) is 6.07 Å². The Hall–Kier alpha value is -2.56. The van der Waals surface area contributed by atoms with Gasteiger partial charge in [0.25, 0.3) is 0 Å². The van der Waals surface area contributed by atoms with Crippen LogP contribution in [0.25, 0.3) is 22.2 Å². The molecule has 1 aromatic carbocycles. The number of rotatable bonds is 3. The maximum Gasteiger partial charge on any atom is 0.307 e. The van der Waals surface area contributed by atoms with Crippen molar-refractivity contribution in [1.29, 1.82) is 0 Å². The predicted octanol–water partition coefficient (Wildman–Crippen LogP) is 2.45. The van der Waals surface area contributed by atoms with E-state index in [-0.39, 0.29) is 6.42 Å². The van der Waals surface area contributed by atoms with Gasteiger partial charge in [0.2, 0.25) is 0 Å². The fourth-order valence-corrected chi connectivity index (χ4v) is 2.01. The Morgan fingerprint density at radius 3 is 3.06 bits per heavy atom. The normalized spacial score (nSPS) is 10.9. The molecule has 0 amide bonds. The van der Waals surface area contributed by atoms with Crippen LogP contribution < -0.4 is 0 Å². The maximum absolute atomic E-state index is 10.8. The van der Waals surface area contributed by atoms with Gasteiger partial charge in [-0.2, -0.15) is 5.10 Å². The second-order valence-electron chi connectivity index (χ2n) is 3.99. The van der Waals surface area contributed by atoms with E-state index < -0.39 is 5.97 Å². The third kappa shape index (κ3) is 1.66. The molecular formula is C13H10N2O3. The van der Waals surface area contributed by atoms with E-state index in [0.29, 0.717) is 11.3 Å². The molecule has 0 aliphatic rings. The first-order valence-electron chi connectivity index (χ1n) is 5.46. The van der Waals surface area contributed by atoms with Gasteiger partial charge in [0.15, 0.2) is 0 Å². The Balaban J connectivity index is 2.15. The van der Waals surface area contributed by atoms with E-state index in [1.165, 1.54) is 6.20 Å². The third-order valence-corrected chi connectivity index (χ3v) is 2.81. The molecule has 3 aromatic rings. The number of carboxylic acids is 1. The lowest BCUT2D eigenvalue weighted by Crippen LogP contribution is -2.00. The predicted molar refractivity (Wildman–Crippen MR) is 65.1 cm³/mol. The van der Waals surface area contributed by atoms with E-state index in [1.807, 2.05) is 24.3 Å². The highest BCUT2D eigenvalue weighted by Crippen LogP contribution is 2.31. The number of aliphatic carboxylic acids is 1. The molecule has 0 spiro atoms. The molecule has 0 unspecified atom stereocenters. The minimum atomic E-state index is -0.884. The Bertz CT molecular complexity index is 712. The Labute approximate surface area is 102 Å². The summed E-state index contributed by atoms with van der Waals surface area (Å²) in [6.45, 7) is 0. The van der Waals surface area contributed by atoms with Crippen molar-refractivity contribution in [2.75, 3.05) is 0 Å². The van der Waals surface area contributed by atoms with E-state index in [9.17, 15) is 4.79 Å². The monoisotopic (exact) mass is 242 g/mol. The van der Waals surface area contributed by atoms with Crippen LogP contribution in [0.2, 0.25) is 0 Å². The van der Waals surface area contributed by atoms with Gasteiger partial charge in [0, 0.05) is 16.5 Å². The van der Waals surface area contributed by atoms with E-state index in [1.54, 1.807) is 6.26 Å². The number of hydrogen-bond acceptors (Lipinski definition) is 3. The summed E-state index contributed by atoms with van der Waals surface area (Å²) in [5, 5.41) is 16.5. The van der Waals surface area contributed by atoms with Crippen LogP contribution in [0.15, 0.2) is 41.1 Å². The highest BCUT2D eigenvalue weighted by Gasteiger charge is 2.15. The van der Waals surface area contributed by atoms with Crippen LogP contribution in [0, 0.1) is 0 Å². The van der Waals surface area contributed by atoms with Crippen LogP contribution in [-0.2, 0) is 11.2 Å². The van der Waals surface area contributed by atoms with Gasteiger partial charge < -0.3 is 9.52 Å². The Morgan fingerprint density at radius 1 is 1.39 bits per heavy atom. The molecule has 5 nitrogen and oxygen atoms in total. The highest BCUT2D eigenvalue weighted by molar-refractivity contribution is 5.94. The summed E-state index contributed by atoms with van der Waals surface area (Å²) in [6, 6.07) is 7.60. The molecule has 5 heteroatoms. The average Bonchev–Trinajstić information content (AvgIpc) is 2.94. The number of aromatic nitrogens is 2. The summed E-state index contributed by atoms with van der Waals surface area (Å²) < 4.78 is 5.44. The van der Waals surface area contributed by atoms with Gasteiger partial charge in [-0.1, -0.05) is 18.2 Å². The molecular weight excluding hydrogens is 232 g/mol. The zero-order valence-electron chi connectivity index (χ0n) is 9.38. The number of nitrogens with one attached hydrogen (secondary N) is 1. The van der Waals surface area contributed by atoms with Crippen LogP contribution in [0.4, 0.5) is 0 Å². The molecule has 18 heavy (non-hydrogen) atoms. The fourth-order valence-electron chi connectivity index (χ4n) is 2.01. The number of para-hydroxylation sites is 1. The molecule has 0 bridgehead atoms. The summed E-state index contributed by atoms with van der Waals surface area (Å²) in [6.07, 6.45) is 3.08. The lowest BCUT2D eigenvalue weighted by Gasteiger charge is -1.98. The van der Waals surface area contributed by atoms with Crippen LogP contribution in [0.1, 0.15) is 5.56 Å². The number of aromatic amines is 1. The maximum atomic E-state index is 10.8. The van der Waals surface area contributed by atoms with Crippen molar-refractivity contribution in [1.82, 2.24) is 10.2 Å². The summed E-state index contributed by atoms with van der Waals surface area (Å²) in [4.78, 5) is 10.8. The molecule has 0 saturated carbocycles. The molecule has 0 fully saturated rings. The van der Waals surface area contributed by atoms with Crippen molar-refractivity contribution in [3.63, 3.8) is 0 Å². The number of hydrogen-bond donors (Lipinski definition) is 2. The number of fused-ring (bicyclic) bond motifs is 1. The van der Waals surface area contributed by atoms with Gasteiger partial charge in [0.05, 0.1) is 18.3 Å². The minimum Gasteiger partial charge on any atom is -0.481 e. The molecule has 2 N–H and O–H groups in total. The number of benzene rings is 1.